The lowest BCUT2D eigenvalue weighted by atomic mass is 9.91. The molecule has 1 aliphatic heterocycles. The number of likely N-dealkylation sites (tertiary alicyclic amines) is 1. The van der Waals surface area contributed by atoms with Crippen molar-refractivity contribution in [2.75, 3.05) is 13.1 Å². The Morgan fingerprint density at radius 1 is 1.21 bits per heavy atom. The Morgan fingerprint density at radius 2 is 2.04 bits per heavy atom. The minimum absolute atomic E-state index is 0.279. The maximum atomic E-state index is 12.5. The number of pyridine rings is 2. The zero-order valence-corrected chi connectivity index (χ0v) is 15.0. The summed E-state index contributed by atoms with van der Waals surface area (Å²) in [5.74, 6) is 0.898. The van der Waals surface area contributed by atoms with Gasteiger partial charge in [0.2, 0.25) is 5.91 Å². The number of nitrogens with zero attached hydrogens (tertiary/aromatic N) is 3. The third-order valence-corrected chi connectivity index (χ3v) is 4.92. The predicted molar refractivity (Wildman–Crippen MR) is 96.6 cm³/mol. The molecule has 0 radical (unpaired) electrons. The van der Waals surface area contributed by atoms with E-state index in [9.17, 15) is 4.79 Å². The zero-order valence-electron chi connectivity index (χ0n) is 15.0. The molecule has 128 valence electrons. The molecule has 0 bridgehead atoms. The number of amides is 1. The number of carbonyl (C=O) groups excluding carboxylic acids is 1. The third kappa shape index (κ3) is 3.74. The first-order chi connectivity index (χ1) is 11.4. The lowest BCUT2D eigenvalue weighted by Crippen LogP contribution is -2.40. The van der Waals surface area contributed by atoms with Gasteiger partial charge in [-0.05, 0) is 49.3 Å². The molecule has 0 aliphatic carbocycles. The Hall–Kier alpha value is -1.97. The highest BCUT2D eigenvalue weighted by molar-refractivity contribution is 5.81. The van der Waals surface area contributed by atoms with Gasteiger partial charge in [0, 0.05) is 42.5 Å². The largest absolute Gasteiger partial charge is 0.342 e. The van der Waals surface area contributed by atoms with Gasteiger partial charge in [-0.3, -0.25) is 14.8 Å². The molecule has 1 fully saturated rings. The maximum Gasteiger partial charge on any atom is 0.227 e. The first-order valence-electron chi connectivity index (χ1n) is 8.92. The van der Waals surface area contributed by atoms with Gasteiger partial charge in [0.1, 0.15) is 0 Å². The van der Waals surface area contributed by atoms with Crippen LogP contribution in [-0.4, -0.2) is 33.9 Å². The van der Waals surface area contributed by atoms with Crippen LogP contribution in [0, 0.1) is 11.3 Å². The summed E-state index contributed by atoms with van der Waals surface area (Å²) in [4.78, 5) is 23.3. The molecule has 3 rings (SSSR count). The minimum atomic E-state index is -0.285. The van der Waals surface area contributed by atoms with Crippen LogP contribution in [0.5, 0.6) is 0 Å². The van der Waals surface area contributed by atoms with E-state index in [4.69, 9.17) is 0 Å². The van der Waals surface area contributed by atoms with E-state index in [1.807, 2.05) is 39.2 Å². The average Bonchev–Trinajstić information content (AvgIpc) is 2.79. The molecule has 2 aromatic rings. The summed E-state index contributed by atoms with van der Waals surface area (Å²) in [5.41, 5.74) is 2.06. The Bertz CT molecular complexity index is 715. The van der Waals surface area contributed by atoms with Crippen LogP contribution < -0.4 is 0 Å². The minimum Gasteiger partial charge on any atom is -0.342 e. The highest BCUT2D eigenvalue weighted by Gasteiger charge is 2.29. The van der Waals surface area contributed by atoms with Crippen molar-refractivity contribution in [3.05, 3.63) is 36.3 Å². The Labute approximate surface area is 144 Å². The van der Waals surface area contributed by atoms with Gasteiger partial charge in [-0.1, -0.05) is 20.8 Å². The highest BCUT2D eigenvalue weighted by atomic mass is 16.2. The van der Waals surface area contributed by atoms with Crippen molar-refractivity contribution in [2.24, 2.45) is 11.3 Å². The summed E-state index contributed by atoms with van der Waals surface area (Å²) < 4.78 is 0. The molecule has 4 nitrogen and oxygen atoms in total. The van der Waals surface area contributed by atoms with E-state index in [0.29, 0.717) is 5.92 Å². The number of carbonyl (C=O) groups is 1. The van der Waals surface area contributed by atoms with Crippen molar-refractivity contribution < 1.29 is 4.79 Å². The second-order valence-electron chi connectivity index (χ2n) is 7.91. The van der Waals surface area contributed by atoms with Crippen molar-refractivity contribution in [1.82, 2.24) is 14.9 Å². The quantitative estimate of drug-likeness (QED) is 0.842. The lowest BCUT2D eigenvalue weighted by molar-refractivity contribution is -0.139. The number of rotatable bonds is 2. The fourth-order valence-electron chi connectivity index (χ4n) is 3.58. The van der Waals surface area contributed by atoms with Gasteiger partial charge < -0.3 is 4.90 Å². The second kappa shape index (κ2) is 6.88. The zero-order chi connectivity index (χ0) is 17.2. The van der Waals surface area contributed by atoms with E-state index < -0.39 is 0 Å². The molecule has 1 atom stereocenters. The van der Waals surface area contributed by atoms with Crippen LogP contribution in [0.3, 0.4) is 0 Å². The van der Waals surface area contributed by atoms with Crippen LogP contribution in [0.2, 0.25) is 0 Å². The summed E-state index contributed by atoms with van der Waals surface area (Å²) in [6.45, 7) is 7.79. The number of hydrogen-bond acceptors (Lipinski definition) is 3. The van der Waals surface area contributed by atoms with E-state index in [-0.39, 0.29) is 11.3 Å². The molecule has 3 heterocycles. The van der Waals surface area contributed by atoms with Crippen LogP contribution >= 0.6 is 0 Å². The normalized spacial score (nSPS) is 19.3. The van der Waals surface area contributed by atoms with Crippen molar-refractivity contribution in [2.45, 2.75) is 46.5 Å². The standard InChI is InChI=1S/C20H27N3O/c1-20(2,3)19(24)23-11-4-5-15(8-12-23)13-16-6-10-22-18-7-9-21-14-17(16)18/h6-7,9-10,14-15H,4-5,8,11-13H2,1-3H3. The molecule has 24 heavy (non-hydrogen) atoms. The van der Waals surface area contributed by atoms with Crippen LogP contribution in [0.25, 0.3) is 10.9 Å². The molecule has 2 aromatic heterocycles. The van der Waals surface area contributed by atoms with Gasteiger partial charge in [-0.2, -0.15) is 0 Å². The number of fused-ring (bicyclic) bond motifs is 1. The summed E-state index contributed by atoms with van der Waals surface area (Å²) in [7, 11) is 0. The molecule has 0 saturated carbocycles. The van der Waals surface area contributed by atoms with Crippen molar-refractivity contribution in [3.8, 4) is 0 Å². The van der Waals surface area contributed by atoms with Gasteiger partial charge in [0.05, 0.1) is 5.52 Å². The Balaban J connectivity index is 1.70. The topological polar surface area (TPSA) is 46.1 Å². The summed E-state index contributed by atoms with van der Waals surface area (Å²) >= 11 is 0. The van der Waals surface area contributed by atoms with Gasteiger partial charge in [-0.25, -0.2) is 0 Å². The summed E-state index contributed by atoms with van der Waals surface area (Å²) in [6.07, 6.45) is 9.99. The SMILES string of the molecule is CC(C)(C)C(=O)N1CCCC(Cc2ccnc3ccncc23)CC1. The molecule has 0 aromatic carbocycles. The number of hydrogen-bond donors (Lipinski definition) is 0. The second-order valence-corrected chi connectivity index (χ2v) is 7.91. The fourth-order valence-corrected chi connectivity index (χ4v) is 3.58. The van der Waals surface area contributed by atoms with Crippen LogP contribution in [0.1, 0.15) is 45.6 Å². The number of aromatic nitrogens is 2. The maximum absolute atomic E-state index is 12.5. The molecule has 4 heteroatoms. The van der Waals surface area contributed by atoms with E-state index in [2.05, 4.69) is 20.9 Å². The van der Waals surface area contributed by atoms with E-state index >= 15 is 0 Å². The summed E-state index contributed by atoms with van der Waals surface area (Å²) in [6, 6.07) is 4.09. The van der Waals surface area contributed by atoms with Crippen LogP contribution in [-0.2, 0) is 11.2 Å². The molecule has 1 saturated heterocycles. The van der Waals surface area contributed by atoms with Crippen LogP contribution in [0.4, 0.5) is 0 Å². The van der Waals surface area contributed by atoms with Crippen molar-refractivity contribution in [3.63, 3.8) is 0 Å². The van der Waals surface area contributed by atoms with Gasteiger partial charge in [0.25, 0.3) is 0 Å². The molecular formula is C20H27N3O. The molecule has 1 aliphatic rings. The Morgan fingerprint density at radius 3 is 2.83 bits per heavy atom. The molecule has 1 unspecified atom stereocenters. The molecule has 1 amide bonds. The first-order valence-corrected chi connectivity index (χ1v) is 8.92. The van der Waals surface area contributed by atoms with Crippen LogP contribution in [0.15, 0.2) is 30.7 Å². The van der Waals surface area contributed by atoms with Gasteiger partial charge in [0.15, 0.2) is 0 Å². The third-order valence-electron chi connectivity index (χ3n) is 4.92. The monoisotopic (exact) mass is 325 g/mol. The average molecular weight is 325 g/mol. The molecular weight excluding hydrogens is 298 g/mol. The molecule has 0 N–H and O–H groups in total. The van der Waals surface area contributed by atoms with E-state index in [1.54, 1.807) is 6.20 Å². The van der Waals surface area contributed by atoms with E-state index in [1.165, 1.54) is 12.0 Å². The smallest absolute Gasteiger partial charge is 0.227 e. The Kier molecular flexibility index (Phi) is 4.83. The van der Waals surface area contributed by atoms with Crippen molar-refractivity contribution in [1.29, 1.82) is 0 Å². The summed E-state index contributed by atoms with van der Waals surface area (Å²) in [5, 5.41) is 1.16. The molecule has 0 spiro atoms. The highest BCUT2D eigenvalue weighted by Crippen LogP contribution is 2.27. The lowest BCUT2D eigenvalue weighted by Gasteiger charge is -2.28. The van der Waals surface area contributed by atoms with Gasteiger partial charge in [-0.15, -0.1) is 0 Å². The van der Waals surface area contributed by atoms with Crippen molar-refractivity contribution >= 4 is 16.8 Å². The first kappa shape index (κ1) is 16.9. The fraction of sp³-hybridized carbons (Fsp3) is 0.550. The van der Waals surface area contributed by atoms with Gasteiger partial charge >= 0.3 is 0 Å². The predicted octanol–water partition coefficient (Wildman–Crippen LogP) is 3.85. The van der Waals surface area contributed by atoms with E-state index in [0.717, 1.165) is 43.3 Å².